The van der Waals surface area contributed by atoms with Crippen molar-refractivity contribution in [1.29, 1.82) is 0 Å². The Balaban J connectivity index is 1.63. The molecule has 0 amide bonds. The van der Waals surface area contributed by atoms with E-state index < -0.39 is 12.6 Å². The highest BCUT2D eigenvalue weighted by atomic mass is 79.9. The zero-order chi connectivity index (χ0) is 19.8. The lowest BCUT2D eigenvalue weighted by molar-refractivity contribution is -0.142. The lowest BCUT2D eigenvalue weighted by Crippen LogP contribution is -2.03. The Kier molecular flexibility index (Phi) is 6.81. The topological polar surface area (TPSA) is 68.1 Å². The molecular weight excluding hydrogens is 422 g/mol. The minimum atomic E-state index is -1.06. The summed E-state index contributed by atoms with van der Waals surface area (Å²) >= 11 is 3.46. The Hall–Kier alpha value is -3.12. The molecule has 0 bridgehead atoms. The van der Waals surface area contributed by atoms with E-state index >= 15 is 0 Å². The smallest absolute Gasteiger partial charge is 0.344 e. The second-order valence-corrected chi connectivity index (χ2v) is 6.89. The molecular formula is C22H18BrNO4. The van der Waals surface area contributed by atoms with E-state index in [2.05, 4.69) is 25.9 Å². The minimum absolute atomic E-state index is 0.457. The monoisotopic (exact) mass is 439 g/mol. The van der Waals surface area contributed by atoms with Crippen molar-refractivity contribution in [3.8, 4) is 16.9 Å². The van der Waals surface area contributed by atoms with Crippen LogP contribution in [-0.4, -0.2) is 23.9 Å². The number of hydrogen-bond acceptors (Lipinski definition) is 4. The van der Waals surface area contributed by atoms with E-state index in [1.165, 1.54) is 6.21 Å². The molecule has 0 radical (unpaired) electrons. The first-order valence-electron chi connectivity index (χ1n) is 8.55. The van der Waals surface area contributed by atoms with Crippen molar-refractivity contribution in [2.75, 3.05) is 6.61 Å². The molecule has 0 unspecified atom stereocenters. The Morgan fingerprint density at radius 3 is 2.54 bits per heavy atom. The summed E-state index contributed by atoms with van der Waals surface area (Å²) in [4.78, 5) is 15.0. The molecule has 0 aliphatic rings. The van der Waals surface area contributed by atoms with Crippen molar-refractivity contribution < 1.29 is 19.5 Å². The standard InChI is InChI=1S/C22H18BrNO4/c23-20-5-1-3-17(11-20)14-27-21-6-2-4-19(12-21)18-9-7-16(8-10-18)13-24-28-15-22(25)26/h1-13H,14-15H2,(H,25,26)/b24-13+. The molecule has 142 valence electrons. The molecule has 0 aromatic heterocycles. The second-order valence-electron chi connectivity index (χ2n) is 5.97. The summed E-state index contributed by atoms with van der Waals surface area (Å²) in [7, 11) is 0. The first-order valence-corrected chi connectivity index (χ1v) is 9.34. The van der Waals surface area contributed by atoms with Gasteiger partial charge in [-0.2, -0.15) is 0 Å². The highest BCUT2D eigenvalue weighted by molar-refractivity contribution is 9.10. The van der Waals surface area contributed by atoms with Gasteiger partial charge in [0, 0.05) is 4.47 Å². The summed E-state index contributed by atoms with van der Waals surface area (Å²) in [6.07, 6.45) is 1.48. The predicted octanol–water partition coefficient (Wildman–Crippen LogP) is 5.13. The lowest BCUT2D eigenvalue weighted by atomic mass is 10.0. The molecule has 3 rings (SSSR count). The van der Waals surface area contributed by atoms with Crippen LogP contribution < -0.4 is 4.74 Å². The first kappa shape index (κ1) is 19.6. The van der Waals surface area contributed by atoms with Crippen molar-refractivity contribution in [1.82, 2.24) is 0 Å². The minimum Gasteiger partial charge on any atom is -0.489 e. The SMILES string of the molecule is O=C(O)CO/N=C/c1ccc(-c2cccc(OCc3cccc(Br)c3)c2)cc1. The predicted molar refractivity (Wildman–Crippen MR) is 112 cm³/mol. The quantitative estimate of drug-likeness (QED) is 0.390. The number of aliphatic carboxylic acids is 1. The molecule has 0 aliphatic carbocycles. The van der Waals surface area contributed by atoms with Gasteiger partial charge in [0.1, 0.15) is 12.4 Å². The van der Waals surface area contributed by atoms with Gasteiger partial charge in [0.05, 0.1) is 6.21 Å². The van der Waals surface area contributed by atoms with Crippen molar-refractivity contribution in [2.24, 2.45) is 5.16 Å². The molecule has 6 heteroatoms. The van der Waals surface area contributed by atoms with Gasteiger partial charge in [0.25, 0.3) is 0 Å². The second kappa shape index (κ2) is 9.71. The van der Waals surface area contributed by atoms with E-state index in [0.29, 0.717) is 6.61 Å². The average molecular weight is 440 g/mol. The highest BCUT2D eigenvalue weighted by Crippen LogP contribution is 2.25. The van der Waals surface area contributed by atoms with E-state index in [0.717, 1.165) is 32.5 Å². The van der Waals surface area contributed by atoms with Crippen LogP contribution in [0.4, 0.5) is 0 Å². The van der Waals surface area contributed by atoms with Crippen LogP contribution in [0.2, 0.25) is 0 Å². The van der Waals surface area contributed by atoms with Gasteiger partial charge in [-0.15, -0.1) is 0 Å². The van der Waals surface area contributed by atoms with E-state index in [9.17, 15) is 4.79 Å². The van der Waals surface area contributed by atoms with Crippen LogP contribution in [0, 0.1) is 0 Å². The van der Waals surface area contributed by atoms with Crippen LogP contribution in [0.1, 0.15) is 11.1 Å². The fourth-order valence-corrected chi connectivity index (χ4v) is 2.96. The van der Waals surface area contributed by atoms with Crippen LogP contribution in [0.25, 0.3) is 11.1 Å². The average Bonchev–Trinajstić information content (AvgIpc) is 2.70. The number of benzene rings is 3. The van der Waals surface area contributed by atoms with Crippen LogP contribution >= 0.6 is 15.9 Å². The number of hydrogen-bond donors (Lipinski definition) is 1. The van der Waals surface area contributed by atoms with Crippen molar-refractivity contribution >= 4 is 28.1 Å². The third kappa shape index (κ3) is 5.96. The molecule has 1 N–H and O–H groups in total. The normalized spacial score (nSPS) is 10.8. The number of rotatable bonds is 8. The van der Waals surface area contributed by atoms with Crippen LogP contribution in [0.3, 0.4) is 0 Å². The van der Waals surface area contributed by atoms with Crippen LogP contribution in [0.15, 0.2) is 82.4 Å². The van der Waals surface area contributed by atoms with Gasteiger partial charge >= 0.3 is 5.97 Å². The Bertz CT molecular complexity index is 970. The van der Waals surface area contributed by atoms with E-state index in [-0.39, 0.29) is 0 Å². The molecule has 0 saturated carbocycles. The van der Waals surface area contributed by atoms with Gasteiger partial charge in [-0.25, -0.2) is 4.79 Å². The zero-order valence-electron chi connectivity index (χ0n) is 14.9. The van der Waals surface area contributed by atoms with Gasteiger partial charge in [0.15, 0.2) is 0 Å². The summed E-state index contributed by atoms with van der Waals surface area (Å²) in [6, 6.07) is 23.6. The Labute approximate surface area is 171 Å². The van der Waals surface area contributed by atoms with Gasteiger partial charge in [-0.3, -0.25) is 0 Å². The molecule has 3 aromatic carbocycles. The first-order chi connectivity index (χ1) is 13.6. The molecule has 0 saturated heterocycles. The van der Waals surface area contributed by atoms with Crippen LogP contribution in [-0.2, 0) is 16.2 Å². The number of carbonyl (C=O) groups is 1. The highest BCUT2D eigenvalue weighted by Gasteiger charge is 2.02. The number of carboxylic acid groups (broad SMARTS) is 1. The van der Waals surface area contributed by atoms with E-state index in [1.54, 1.807) is 0 Å². The van der Waals surface area contributed by atoms with Gasteiger partial charge in [-0.05, 0) is 46.5 Å². The van der Waals surface area contributed by atoms with Crippen molar-refractivity contribution in [3.63, 3.8) is 0 Å². The molecule has 0 spiro atoms. The van der Waals surface area contributed by atoms with Gasteiger partial charge in [-0.1, -0.05) is 69.6 Å². The van der Waals surface area contributed by atoms with E-state index in [1.807, 2.05) is 72.8 Å². The number of carboxylic acids is 1. The summed E-state index contributed by atoms with van der Waals surface area (Å²) < 4.78 is 6.94. The molecule has 0 atom stereocenters. The van der Waals surface area contributed by atoms with Gasteiger partial charge < -0.3 is 14.7 Å². The third-order valence-corrected chi connectivity index (χ3v) is 4.33. The van der Waals surface area contributed by atoms with Gasteiger partial charge in [0.2, 0.25) is 6.61 Å². The largest absolute Gasteiger partial charge is 0.489 e. The molecule has 0 fully saturated rings. The Morgan fingerprint density at radius 1 is 1.00 bits per heavy atom. The molecule has 5 nitrogen and oxygen atoms in total. The van der Waals surface area contributed by atoms with E-state index in [4.69, 9.17) is 9.84 Å². The summed E-state index contributed by atoms with van der Waals surface area (Å²) in [5, 5.41) is 12.1. The number of nitrogens with zero attached hydrogens (tertiary/aromatic N) is 1. The molecule has 28 heavy (non-hydrogen) atoms. The summed E-state index contributed by atoms with van der Waals surface area (Å²) in [6.45, 7) is 0.0376. The maximum absolute atomic E-state index is 10.4. The fraction of sp³-hybridized carbons (Fsp3) is 0.0909. The summed E-state index contributed by atoms with van der Waals surface area (Å²) in [5.74, 6) is -0.264. The summed E-state index contributed by atoms with van der Waals surface area (Å²) in [5.41, 5.74) is 3.98. The number of oxime groups is 1. The van der Waals surface area contributed by atoms with Crippen LogP contribution in [0.5, 0.6) is 5.75 Å². The zero-order valence-corrected chi connectivity index (χ0v) is 16.5. The molecule has 0 heterocycles. The third-order valence-electron chi connectivity index (χ3n) is 3.84. The maximum atomic E-state index is 10.4. The maximum Gasteiger partial charge on any atom is 0.344 e. The molecule has 0 aliphatic heterocycles. The number of ether oxygens (including phenoxy) is 1. The number of halogens is 1. The Morgan fingerprint density at radius 2 is 1.79 bits per heavy atom. The molecule has 3 aromatic rings. The fourth-order valence-electron chi connectivity index (χ4n) is 2.51. The van der Waals surface area contributed by atoms with Crippen molar-refractivity contribution in [2.45, 2.75) is 6.61 Å². The lowest BCUT2D eigenvalue weighted by Gasteiger charge is -2.09. The van der Waals surface area contributed by atoms with Crippen molar-refractivity contribution in [3.05, 3.63) is 88.4 Å².